The molecular formula is C24H25N3O5. The maximum absolute atomic E-state index is 12.5. The number of amides is 1. The molecule has 0 unspecified atom stereocenters. The maximum atomic E-state index is 12.5. The molecule has 32 heavy (non-hydrogen) atoms. The van der Waals surface area contributed by atoms with Crippen LogP contribution < -0.4 is 14.2 Å². The van der Waals surface area contributed by atoms with Crippen molar-refractivity contribution in [3.63, 3.8) is 0 Å². The van der Waals surface area contributed by atoms with Crippen molar-refractivity contribution < 1.29 is 23.5 Å². The van der Waals surface area contributed by atoms with Crippen molar-refractivity contribution in [3.8, 4) is 17.2 Å². The highest BCUT2D eigenvalue weighted by atomic mass is 16.5. The quantitative estimate of drug-likeness (QED) is 0.502. The molecule has 1 aliphatic rings. The van der Waals surface area contributed by atoms with Gasteiger partial charge in [0.25, 0.3) is 0 Å². The third kappa shape index (κ3) is 4.59. The SMILES string of the molecule is COc1cc(/C=C/C(=O)N2CC(c3nc(Cc4ccccc4)no3)C2)cc(OC)c1OC. The van der Waals surface area contributed by atoms with Gasteiger partial charge in [-0.3, -0.25) is 4.79 Å². The molecule has 2 heterocycles. The van der Waals surface area contributed by atoms with Gasteiger partial charge in [0.1, 0.15) is 0 Å². The van der Waals surface area contributed by atoms with Crippen LogP contribution in [-0.2, 0) is 11.2 Å². The van der Waals surface area contributed by atoms with Crippen molar-refractivity contribution in [2.24, 2.45) is 0 Å². The number of benzene rings is 2. The third-order valence-electron chi connectivity index (χ3n) is 5.34. The summed E-state index contributed by atoms with van der Waals surface area (Å²) < 4.78 is 21.4. The number of hydrogen-bond donors (Lipinski definition) is 0. The molecule has 3 aromatic rings. The van der Waals surface area contributed by atoms with E-state index in [9.17, 15) is 4.79 Å². The standard InChI is InChI=1S/C24H25N3O5/c1-29-19-11-17(12-20(30-2)23(19)31-3)9-10-22(28)27-14-18(15-27)24-25-21(26-32-24)13-16-7-5-4-6-8-16/h4-12,18H,13-15H2,1-3H3/b10-9+. The van der Waals surface area contributed by atoms with Crippen molar-refractivity contribution in [2.75, 3.05) is 34.4 Å². The molecule has 8 heteroatoms. The second-order valence-electron chi connectivity index (χ2n) is 7.44. The van der Waals surface area contributed by atoms with Crippen molar-refractivity contribution in [1.29, 1.82) is 0 Å². The molecule has 166 valence electrons. The van der Waals surface area contributed by atoms with Gasteiger partial charge in [-0.2, -0.15) is 4.98 Å². The van der Waals surface area contributed by atoms with Crippen LogP contribution in [0.3, 0.4) is 0 Å². The number of rotatable bonds is 8. The van der Waals surface area contributed by atoms with Gasteiger partial charge in [-0.1, -0.05) is 35.5 Å². The Kier molecular flexibility index (Phi) is 6.39. The number of methoxy groups -OCH3 is 3. The molecule has 1 aromatic heterocycles. The molecule has 8 nitrogen and oxygen atoms in total. The molecule has 4 rings (SSSR count). The van der Waals surface area contributed by atoms with Crippen LogP contribution in [-0.4, -0.2) is 55.4 Å². The van der Waals surface area contributed by atoms with Gasteiger partial charge >= 0.3 is 0 Å². The first-order chi connectivity index (χ1) is 15.6. The second-order valence-corrected chi connectivity index (χ2v) is 7.44. The Morgan fingerprint density at radius 3 is 2.41 bits per heavy atom. The summed E-state index contributed by atoms with van der Waals surface area (Å²) in [4.78, 5) is 18.8. The molecule has 0 bridgehead atoms. The normalized spacial score (nSPS) is 13.8. The zero-order chi connectivity index (χ0) is 22.5. The first-order valence-corrected chi connectivity index (χ1v) is 10.2. The maximum Gasteiger partial charge on any atom is 0.246 e. The molecule has 1 saturated heterocycles. The average molecular weight is 435 g/mol. The van der Waals surface area contributed by atoms with Crippen LogP contribution in [0.2, 0.25) is 0 Å². The summed E-state index contributed by atoms with van der Waals surface area (Å²) in [5.74, 6) is 2.78. The zero-order valence-electron chi connectivity index (χ0n) is 18.3. The van der Waals surface area contributed by atoms with Gasteiger partial charge in [-0.25, -0.2) is 0 Å². The zero-order valence-corrected chi connectivity index (χ0v) is 18.3. The van der Waals surface area contributed by atoms with E-state index >= 15 is 0 Å². The van der Waals surface area contributed by atoms with Crippen LogP contribution in [0.15, 0.2) is 53.1 Å². The average Bonchev–Trinajstić information content (AvgIpc) is 3.24. The van der Waals surface area contributed by atoms with Crippen LogP contribution in [0.25, 0.3) is 6.08 Å². The number of hydrogen-bond acceptors (Lipinski definition) is 7. The number of likely N-dealkylation sites (tertiary alicyclic amines) is 1. The Morgan fingerprint density at radius 2 is 1.78 bits per heavy atom. The van der Waals surface area contributed by atoms with Gasteiger partial charge < -0.3 is 23.6 Å². The monoisotopic (exact) mass is 435 g/mol. The lowest BCUT2D eigenvalue weighted by Gasteiger charge is -2.36. The molecule has 0 N–H and O–H groups in total. The fraction of sp³-hybridized carbons (Fsp3) is 0.292. The van der Waals surface area contributed by atoms with E-state index in [0.29, 0.717) is 48.5 Å². The predicted octanol–water partition coefficient (Wildman–Crippen LogP) is 3.33. The summed E-state index contributed by atoms with van der Waals surface area (Å²) in [7, 11) is 4.66. The molecule has 1 fully saturated rings. The van der Waals surface area contributed by atoms with E-state index in [0.717, 1.165) is 11.1 Å². The molecule has 2 aromatic carbocycles. The van der Waals surface area contributed by atoms with E-state index in [1.807, 2.05) is 30.3 Å². The number of carbonyl (C=O) groups excluding carboxylic acids is 1. The van der Waals surface area contributed by atoms with Crippen LogP contribution in [0.4, 0.5) is 0 Å². The highest BCUT2D eigenvalue weighted by Gasteiger charge is 2.34. The van der Waals surface area contributed by atoms with Crippen LogP contribution in [0, 0.1) is 0 Å². The van der Waals surface area contributed by atoms with Gasteiger partial charge in [0, 0.05) is 25.6 Å². The van der Waals surface area contributed by atoms with Crippen molar-refractivity contribution >= 4 is 12.0 Å². The molecule has 0 aliphatic carbocycles. The number of aromatic nitrogens is 2. The fourth-order valence-electron chi connectivity index (χ4n) is 3.57. The van der Waals surface area contributed by atoms with Crippen LogP contribution >= 0.6 is 0 Å². The summed E-state index contributed by atoms with van der Waals surface area (Å²) >= 11 is 0. The van der Waals surface area contributed by atoms with Gasteiger partial charge in [0.2, 0.25) is 17.5 Å². The minimum absolute atomic E-state index is 0.0607. The Morgan fingerprint density at radius 1 is 1.09 bits per heavy atom. The van der Waals surface area contributed by atoms with Crippen LogP contribution in [0.1, 0.15) is 28.8 Å². The van der Waals surface area contributed by atoms with Gasteiger partial charge in [-0.05, 0) is 29.3 Å². The highest BCUT2D eigenvalue weighted by molar-refractivity contribution is 5.92. The largest absolute Gasteiger partial charge is 0.493 e. The van der Waals surface area contributed by atoms with E-state index in [1.54, 1.807) is 44.4 Å². The first-order valence-electron chi connectivity index (χ1n) is 10.2. The van der Waals surface area contributed by atoms with E-state index < -0.39 is 0 Å². The van der Waals surface area contributed by atoms with E-state index in [4.69, 9.17) is 18.7 Å². The van der Waals surface area contributed by atoms with E-state index in [1.165, 1.54) is 6.08 Å². The summed E-state index contributed by atoms with van der Waals surface area (Å²) in [5, 5.41) is 4.07. The lowest BCUT2D eigenvalue weighted by Crippen LogP contribution is -2.47. The van der Waals surface area contributed by atoms with Crippen molar-refractivity contribution in [3.05, 3.63) is 71.4 Å². The lowest BCUT2D eigenvalue weighted by atomic mass is 10.00. The number of nitrogens with zero attached hydrogens (tertiary/aromatic N) is 3. The Labute approximate surface area is 186 Å². The minimum Gasteiger partial charge on any atom is -0.493 e. The number of ether oxygens (including phenoxy) is 3. The smallest absolute Gasteiger partial charge is 0.246 e. The van der Waals surface area contributed by atoms with Crippen molar-refractivity contribution in [1.82, 2.24) is 15.0 Å². The molecular weight excluding hydrogens is 410 g/mol. The molecule has 1 aliphatic heterocycles. The molecule has 0 radical (unpaired) electrons. The summed E-state index contributed by atoms with van der Waals surface area (Å²) in [5.41, 5.74) is 1.90. The topological polar surface area (TPSA) is 86.9 Å². The fourth-order valence-corrected chi connectivity index (χ4v) is 3.57. The summed E-state index contributed by atoms with van der Waals surface area (Å²) in [6.45, 7) is 1.09. The lowest BCUT2D eigenvalue weighted by molar-refractivity contribution is -0.130. The molecule has 0 saturated carbocycles. The Hall–Kier alpha value is -3.81. The summed E-state index contributed by atoms with van der Waals surface area (Å²) in [6, 6.07) is 13.6. The minimum atomic E-state index is -0.0842. The van der Waals surface area contributed by atoms with Crippen molar-refractivity contribution in [2.45, 2.75) is 12.3 Å². The Balaban J connectivity index is 1.34. The highest BCUT2D eigenvalue weighted by Crippen LogP contribution is 2.38. The number of carbonyl (C=O) groups is 1. The predicted molar refractivity (Wildman–Crippen MR) is 118 cm³/mol. The van der Waals surface area contributed by atoms with E-state index in [-0.39, 0.29) is 11.8 Å². The molecule has 0 atom stereocenters. The third-order valence-corrected chi connectivity index (χ3v) is 5.34. The van der Waals surface area contributed by atoms with E-state index in [2.05, 4.69) is 10.1 Å². The Bertz CT molecular complexity index is 1080. The second kappa shape index (κ2) is 9.55. The first kappa shape index (κ1) is 21.4. The molecule has 0 spiro atoms. The van der Waals surface area contributed by atoms with Gasteiger partial charge in [-0.15, -0.1) is 0 Å². The van der Waals surface area contributed by atoms with Gasteiger partial charge in [0.15, 0.2) is 17.3 Å². The van der Waals surface area contributed by atoms with Gasteiger partial charge in [0.05, 0.1) is 27.2 Å². The summed E-state index contributed by atoms with van der Waals surface area (Å²) in [6.07, 6.45) is 3.88. The molecule has 1 amide bonds. The van der Waals surface area contributed by atoms with Crippen LogP contribution in [0.5, 0.6) is 17.2 Å².